The Bertz CT molecular complexity index is 249. The molecular weight excluding hydrogens is 232 g/mol. The van der Waals surface area contributed by atoms with E-state index in [1.807, 2.05) is 4.90 Å². The lowest BCUT2D eigenvalue weighted by Crippen LogP contribution is -2.42. The summed E-state index contributed by atoms with van der Waals surface area (Å²) in [6.07, 6.45) is 4.84. The maximum absolute atomic E-state index is 11.8. The van der Waals surface area contributed by atoms with Crippen LogP contribution in [0.15, 0.2) is 0 Å². The number of hydrogen-bond donors (Lipinski definition) is 1. The number of nitrogens with one attached hydrogen (secondary N) is 1. The van der Waals surface area contributed by atoms with E-state index in [4.69, 9.17) is 9.47 Å². The topological polar surface area (TPSA) is 50.8 Å². The molecule has 5 heteroatoms. The highest BCUT2D eigenvalue weighted by Crippen LogP contribution is 2.09. The molecule has 0 radical (unpaired) electrons. The molecule has 2 aliphatic heterocycles. The minimum Gasteiger partial charge on any atom is -0.378 e. The van der Waals surface area contributed by atoms with Gasteiger partial charge in [-0.25, -0.2) is 0 Å². The minimum absolute atomic E-state index is 0.0925. The Morgan fingerprint density at radius 1 is 1.33 bits per heavy atom. The van der Waals surface area contributed by atoms with Crippen LogP contribution in [-0.4, -0.2) is 62.9 Å². The Morgan fingerprint density at radius 2 is 2.17 bits per heavy atom. The number of piperidine rings is 1. The van der Waals surface area contributed by atoms with Crippen molar-refractivity contribution in [2.45, 2.75) is 31.7 Å². The molecule has 1 N–H and O–H groups in total. The van der Waals surface area contributed by atoms with Gasteiger partial charge in [0.1, 0.15) is 6.61 Å². The number of carbonyl (C=O) groups excluding carboxylic acids is 1. The molecule has 2 heterocycles. The highest BCUT2D eigenvalue weighted by Gasteiger charge is 2.17. The Morgan fingerprint density at radius 3 is 2.89 bits per heavy atom. The van der Waals surface area contributed by atoms with Crippen molar-refractivity contribution in [3.8, 4) is 0 Å². The van der Waals surface area contributed by atoms with Crippen molar-refractivity contribution in [3.05, 3.63) is 0 Å². The first-order chi connectivity index (χ1) is 8.86. The molecule has 1 amide bonds. The van der Waals surface area contributed by atoms with Gasteiger partial charge in [-0.2, -0.15) is 0 Å². The van der Waals surface area contributed by atoms with Gasteiger partial charge < -0.3 is 19.7 Å². The van der Waals surface area contributed by atoms with Crippen LogP contribution in [0.1, 0.15) is 25.7 Å². The third-order valence-electron chi connectivity index (χ3n) is 3.61. The Hall–Kier alpha value is -0.650. The predicted molar refractivity (Wildman–Crippen MR) is 68.5 cm³/mol. The first-order valence-corrected chi connectivity index (χ1v) is 7.03. The number of hydrogen-bond acceptors (Lipinski definition) is 4. The number of ether oxygens (including phenoxy) is 2. The molecule has 1 atom stereocenters. The zero-order valence-electron chi connectivity index (χ0n) is 11.0. The van der Waals surface area contributed by atoms with Gasteiger partial charge in [0, 0.05) is 25.7 Å². The van der Waals surface area contributed by atoms with E-state index in [0.29, 0.717) is 39.0 Å². The molecule has 2 aliphatic rings. The molecule has 18 heavy (non-hydrogen) atoms. The van der Waals surface area contributed by atoms with Gasteiger partial charge in [-0.15, -0.1) is 0 Å². The van der Waals surface area contributed by atoms with Gasteiger partial charge in [0.05, 0.1) is 13.2 Å². The van der Waals surface area contributed by atoms with Crippen LogP contribution in [0.2, 0.25) is 0 Å². The molecule has 0 spiro atoms. The fraction of sp³-hybridized carbons (Fsp3) is 0.923. The number of amides is 1. The van der Waals surface area contributed by atoms with Gasteiger partial charge in [-0.3, -0.25) is 4.79 Å². The molecule has 1 unspecified atom stereocenters. The summed E-state index contributed by atoms with van der Waals surface area (Å²) in [7, 11) is 0. The van der Waals surface area contributed by atoms with Crippen molar-refractivity contribution in [1.82, 2.24) is 10.2 Å². The summed E-state index contributed by atoms with van der Waals surface area (Å²) in [4.78, 5) is 13.6. The summed E-state index contributed by atoms with van der Waals surface area (Å²) in [6.45, 7) is 4.71. The van der Waals surface area contributed by atoms with Gasteiger partial charge >= 0.3 is 0 Å². The number of carbonyl (C=O) groups is 1. The fourth-order valence-electron chi connectivity index (χ4n) is 2.46. The summed E-state index contributed by atoms with van der Waals surface area (Å²) in [5.74, 6) is 0.0925. The summed E-state index contributed by atoms with van der Waals surface area (Å²) >= 11 is 0. The number of morpholine rings is 1. The lowest BCUT2D eigenvalue weighted by Gasteiger charge is -2.27. The molecule has 0 aromatic rings. The quantitative estimate of drug-likeness (QED) is 0.723. The summed E-state index contributed by atoms with van der Waals surface area (Å²) in [5.41, 5.74) is 0. The van der Waals surface area contributed by atoms with Crippen LogP contribution in [0, 0.1) is 0 Å². The highest BCUT2D eigenvalue weighted by atomic mass is 16.5. The second kappa shape index (κ2) is 7.71. The molecule has 0 aromatic carbocycles. The van der Waals surface area contributed by atoms with Crippen molar-refractivity contribution in [1.29, 1.82) is 0 Å². The highest BCUT2D eigenvalue weighted by molar-refractivity contribution is 5.77. The van der Waals surface area contributed by atoms with E-state index in [1.165, 1.54) is 19.3 Å². The standard InChI is InChI=1S/C13H24N2O3/c16-13(15-6-9-17-10-7-15)11-18-8-4-12-3-1-2-5-14-12/h12,14H,1-11H2. The van der Waals surface area contributed by atoms with Crippen molar-refractivity contribution in [2.24, 2.45) is 0 Å². The van der Waals surface area contributed by atoms with Gasteiger partial charge in [0.25, 0.3) is 0 Å². The minimum atomic E-state index is 0.0925. The maximum atomic E-state index is 11.8. The van der Waals surface area contributed by atoms with E-state index in [0.717, 1.165) is 13.0 Å². The van der Waals surface area contributed by atoms with Crippen molar-refractivity contribution in [2.75, 3.05) is 46.1 Å². The van der Waals surface area contributed by atoms with Crippen LogP contribution in [0.3, 0.4) is 0 Å². The Labute approximate surface area is 109 Å². The zero-order chi connectivity index (χ0) is 12.6. The van der Waals surface area contributed by atoms with Gasteiger partial charge in [0.15, 0.2) is 0 Å². The van der Waals surface area contributed by atoms with Crippen LogP contribution < -0.4 is 5.32 Å². The Kier molecular flexibility index (Phi) is 5.90. The molecule has 2 saturated heterocycles. The van der Waals surface area contributed by atoms with Crippen LogP contribution in [0.25, 0.3) is 0 Å². The molecule has 5 nitrogen and oxygen atoms in total. The third kappa shape index (κ3) is 4.55. The van der Waals surface area contributed by atoms with Crippen LogP contribution in [-0.2, 0) is 14.3 Å². The van der Waals surface area contributed by atoms with Crippen molar-refractivity contribution < 1.29 is 14.3 Å². The molecule has 2 rings (SSSR count). The summed E-state index contributed by atoms with van der Waals surface area (Å²) in [5, 5.41) is 3.48. The van der Waals surface area contributed by atoms with Crippen LogP contribution >= 0.6 is 0 Å². The van der Waals surface area contributed by atoms with E-state index >= 15 is 0 Å². The average molecular weight is 256 g/mol. The normalized spacial score (nSPS) is 25.1. The van der Waals surface area contributed by atoms with Crippen molar-refractivity contribution >= 4 is 5.91 Å². The van der Waals surface area contributed by atoms with Crippen LogP contribution in [0.5, 0.6) is 0 Å². The van der Waals surface area contributed by atoms with Gasteiger partial charge in [-0.1, -0.05) is 6.42 Å². The fourth-order valence-corrected chi connectivity index (χ4v) is 2.46. The first kappa shape index (κ1) is 13.8. The van der Waals surface area contributed by atoms with Crippen LogP contribution in [0.4, 0.5) is 0 Å². The van der Waals surface area contributed by atoms with Gasteiger partial charge in [-0.05, 0) is 25.8 Å². The summed E-state index contributed by atoms with van der Waals surface area (Å²) < 4.78 is 10.7. The first-order valence-electron chi connectivity index (χ1n) is 7.03. The molecule has 0 aliphatic carbocycles. The Balaban J connectivity index is 1.52. The molecule has 104 valence electrons. The average Bonchev–Trinajstić information content (AvgIpc) is 2.45. The molecule has 0 saturated carbocycles. The molecule has 0 aromatic heterocycles. The van der Waals surface area contributed by atoms with E-state index < -0.39 is 0 Å². The van der Waals surface area contributed by atoms with Gasteiger partial charge in [0.2, 0.25) is 5.91 Å². The molecule has 0 bridgehead atoms. The lowest BCUT2D eigenvalue weighted by molar-refractivity contribution is -0.140. The third-order valence-corrected chi connectivity index (χ3v) is 3.61. The number of rotatable bonds is 5. The maximum Gasteiger partial charge on any atom is 0.248 e. The second-order valence-electron chi connectivity index (χ2n) is 4.98. The lowest BCUT2D eigenvalue weighted by atomic mass is 10.0. The summed E-state index contributed by atoms with van der Waals surface area (Å²) in [6, 6.07) is 0.581. The largest absolute Gasteiger partial charge is 0.378 e. The zero-order valence-corrected chi connectivity index (χ0v) is 11.0. The SMILES string of the molecule is O=C(COCCC1CCCCN1)N1CCOCC1. The van der Waals surface area contributed by atoms with E-state index in [1.54, 1.807) is 0 Å². The smallest absolute Gasteiger partial charge is 0.248 e. The van der Waals surface area contributed by atoms with E-state index in [9.17, 15) is 4.79 Å². The van der Waals surface area contributed by atoms with Crippen molar-refractivity contribution in [3.63, 3.8) is 0 Å². The molecular formula is C13H24N2O3. The van der Waals surface area contributed by atoms with E-state index in [-0.39, 0.29) is 12.5 Å². The predicted octanol–water partition coefficient (Wildman–Crippen LogP) is 0.394. The number of nitrogens with zero attached hydrogens (tertiary/aromatic N) is 1. The molecule has 2 fully saturated rings. The second-order valence-corrected chi connectivity index (χ2v) is 4.98. The monoisotopic (exact) mass is 256 g/mol. The van der Waals surface area contributed by atoms with E-state index in [2.05, 4.69) is 5.32 Å².